The van der Waals surface area contributed by atoms with Crippen molar-refractivity contribution >= 4 is 15.9 Å². The molecule has 1 saturated carbocycles. The molecule has 16 heavy (non-hydrogen) atoms. The van der Waals surface area contributed by atoms with Gasteiger partial charge in [-0.05, 0) is 56.1 Å². The minimum Gasteiger partial charge on any atom is -0.0888 e. The Hall–Kier alpha value is -0.300. The van der Waals surface area contributed by atoms with Crippen LogP contribution in [-0.2, 0) is 6.42 Å². The smallest absolute Gasteiger partial charge is 0.0174 e. The van der Waals surface area contributed by atoms with Gasteiger partial charge in [0, 0.05) is 4.83 Å². The molecule has 0 saturated heterocycles. The van der Waals surface area contributed by atoms with Crippen LogP contribution in [0.4, 0.5) is 0 Å². The predicted octanol–water partition coefficient (Wildman–Crippen LogP) is 4.66. The summed E-state index contributed by atoms with van der Waals surface area (Å²) in [4.78, 5) is 0.739. The second-order valence-electron chi connectivity index (χ2n) is 5.35. The molecule has 0 aliphatic heterocycles. The summed E-state index contributed by atoms with van der Waals surface area (Å²) < 4.78 is 0. The first-order valence-electron chi connectivity index (χ1n) is 6.28. The molecule has 1 aliphatic rings. The second-order valence-corrected chi connectivity index (χ2v) is 6.52. The van der Waals surface area contributed by atoms with E-state index in [1.54, 1.807) is 5.56 Å². The molecule has 0 radical (unpaired) electrons. The monoisotopic (exact) mass is 280 g/mol. The zero-order chi connectivity index (χ0) is 11.7. The van der Waals surface area contributed by atoms with E-state index < -0.39 is 0 Å². The average Bonchev–Trinajstić information content (AvgIpc) is 2.55. The predicted molar refractivity (Wildman–Crippen MR) is 74.2 cm³/mol. The minimum atomic E-state index is 0.739. The van der Waals surface area contributed by atoms with E-state index in [-0.39, 0.29) is 0 Å². The summed E-state index contributed by atoms with van der Waals surface area (Å²) in [6.45, 7) is 6.82. The van der Waals surface area contributed by atoms with Crippen molar-refractivity contribution in [2.75, 3.05) is 0 Å². The van der Waals surface area contributed by atoms with Crippen LogP contribution in [0.25, 0.3) is 0 Å². The van der Waals surface area contributed by atoms with E-state index in [2.05, 4.69) is 54.9 Å². The van der Waals surface area contributed by atoms with E-state index in [4.69, 9.17) is 0 Å². The van der Waals surface area contributed by atoms with Crippen molar-refractivity contribution in [1.82, 2.24) is 0 Å². The Morgan fingerprint density at radius 3 is 2.62 bits per heavy atom. The van der Waals surface area contributed by atoms with Crippen molar-refractivity contribution < 1.29 is 0 Å². The highest BCUT2D eigenvalue weighted by atomic mass is 79.9. The van der Waals surface area contributed by atoms with Crippen LogP contribution in [0.2, 0.25) is 0 Å². The van der Waals surface area contributed by atoms with Crippen LogP contribution in [0.15, 0.2) is 18.2 Å². The van der Waals surface area contributed by atoms with Gasteiger partial charge in [0.25, 0.3) is 0 Å². The lowest BCUT2D eigenvalue weighted by atomic mass is 9.89. The van der Waals surface area contributed by atoms with E-state index in [1.807, 2.05) is 0 Å². The van der Waals surface area contributed by atoms with Gasteiger partial charge in [-0.25, -0.2) is 0 Å². The third kappa shape index (κ3) is 2.51. The van der Waals surface area contributed by atoms with Crippen molar-refractivity contribution in [2.24, 2.45) is 11.8 Å². The third-order valence-corrected chi connectivity index (χ3v) is 5.41. The van der Waals surface area contributed by atoms with Gasteiger partial charge in [-0.1, -0.05) is 46.6 Å². The first-order valence-corrected chi connectivity index (χ1v) is 7.19. The van der Waals surface area contributed by atoms with Gasteiger partial charge < -0.3 is 0 Å². The third-order valence-electron chi connectivity index (χ3n) is 4.11. The van der Waals surface area contributed by atoms with Crippen molar-refractivity contribution in [2.45, 2.75) is 44.9 Å². The number of aryl methyl sites for hydroxylation is 2. The standard InChI is InChI=1S/C15H21Br/c1-10-4-5-11(2)14(8-10)9-13-6-7-15(16)12(13)3/h4-5,8,12-13,15H,6-7,9H2,1-3H3. The Kier molecular flexibility index (Phi) is 3.73. The summed E-state index contributed by atoms with van der Waals surface area (Å²) >= 11 is 3.79. The molecule has 0 aromatic heterocycles. The normalized spacial score (nSPS) is 29.6. The molecular formula is C15H21Br. The number of alkyl halides is 1. The maximum atomic E-state index is 3.79. The highest BCUT2D eigenvalue weighted by Crippen LogP contribution is 2.38. The molecule has 0 N–H and O–H groups in total. The lowest BCUT2D eigenvalue weighted by Gasteiger charge is -2.18. The van der Waals surface area contributed by atoms with Crippen LogP contribution >= 0.6 is 15.9 Å². The number of hydrogen-bond donors (Lipinski definition) is 0. The maximum absolute atomic E-state index is 3.79. The Morgan fingerprint density at radius 2 is 2.00 bits per heavy atom. The zero-order valence-corrected chi connectivity index (χ0v) is 12.0. The van der Waals surface area contributed by atoms with Crippen LogP contribution in [0.1, 0.15) is 36.5 Å². The first kappa shape index (κ1) is 12.2. The number of rotatable bonds is 2. The molecule has 88 valence electrons. The summed E-state index contributed by atoms with van der Waals surface area (Å²) in [5.74, 6) is 1.68. The average molecular weight is 281 g/mol. The maximum Gasteiger partial charge on any atom is 0.0174 e. The van der Waals surface area contributed by atoms with Crippen LogP contribution < -0.4 is 0 Å². The fraction of sp³-hybridized carbons (Fsp3) is 0.600. The molecular weight excluding hydrogens is 260 g/mol. The van der Waals surface area contributed by atoms with E-state index in [1.165, 1.54) is 30.4 Å². The van der Waals surface area contributed by atoms with E-state index in [9.17, 15) is 0 Å². The van der Waals surface area contributed by atoms with Crippen LogP contribution in [-0.4, -0.2) is 4.83 Å². The molecule has 0 bridgehead atoms. The molecule has 0 amide bonds. The van der Waals surface area contributed by atoms with Gasteiger partial charge in [0.1, 0.15) is 0 Å². The Bertz CT molecular complexity index is 370. The Balaban J connectivity index is 2.12. The lowest BCUT2D eigenvalue weighted by molar-refractivity contribution is 0.423. The largest absolute Gasteiger partial charge is 0.0888 e. The summed E-state index contributed by atoms with van der Waals surface area (Å²) in [5.41, 5.74) is 4.40. The molecule has 1 aromatic rings. The molecule has 3 unspecified atom stereocenters. The topological polar surface area (TPSA) is 0 Å². The summed E-state index contributed by atoms with van der Waals surface area (Å²) in [6.07, 6.45) is 3.98. The van der Waals surface area contributed by atoms with Gasteiger partial charge in [-0.15, -0.1) is 0 Å². The molecule has 1 aliphatic carbocycles. The highest BCUT2D eigenvalue weighted by Gasteiger charge is 2.30. The quantitative estimate of drug-likeness (QED) is 0.692. The van der Waals surface area contributed by atoms with Gasteiger partial charge in [0.2, 0.25) is 0 Å². The van der Waals surface area contributed by atoms with Crippen molar-refractivity contribution in [1.29, 1.82) is 0 Å². The number of hydrogen-bond acceptors (Lipinski definition) is 0. The van der Waals surface area contributed by atoms with Crippen LogP contribution in [0.5, 0.6) is 0 Å². The molecule has 3 atom stereocenters. The van der Waals surface area contributed by atoms with Crippen molar-refractivity contribution in [3.05, 3.63) is 34.9 Å². The van der Waals surface area contributed by atoms with Gasteiger partial charge in [0.15, 0.2) is 0 Å². The van der Waals surface area contributed by atoms with Crippen molar-refractivity contribution in [3.63, 3.8) is 0 Å². The fourth-order valence-corrected chi connectivity index (χ4v) is 3.48. The molecule has 1 aromatic carbocycles. The lowest BCUT2D eigenvalue weighted by Crippen LogP contribution is -2.13. The SMILES string of the molecule is Cc1ccc(C)c(CC2CCC(Br)C2C)c1. The summed E-state index contributed by atoms with van der Waals surface area (Å²) in [7, 11) is 0. The summed E-state index contributed by atoms with van der Waals surface area (Å²) in [5, 5.41) is 0. The summed E-state index contributed by atoms with van der Waals surface area (Å²) in [6, 6.07) is 6.84. The van der Waals surface area contributed by atoms with Gasteiger partial charge in [-0.3, -0.25) is 0 Å². The molecule has 1 fully saturated rings. The van der Waals surface area contributed by atoms with E-state index in [0.717, 1.165) is 16.7 Å². The van der Waals surface area contributed by atoms with E-state index >= 15 is 0 Å². The van der Waals surface area contributed by atoms with Crippen LogP contribution in [0, 0.1) is 25.7 Å². The Labute approximate surface area is 108 Å². The number of halogens is 1. The van der Waals surface area contributed by atoms with Gasteiger partial charge in [-0.2, -0.15) is 0 Å². The first-order chi connectivity index (χ1) is 7.58. The number of benzene rings is 1. The minimum absolute atomic E-state index is 0.739. The van der Waals surface area contributed by atoms with Crippen molar-refractivity contribution in [3.8, 4) is 0 Å². The zero-order valence-electron chi connectivity index (χ0n) is 10.5. The van der Waals surface area contributed by atoms with E-state index in [0.29, 0.717) is 0 Å². The van der Waals surface area contributed by atoms with Gasteiger partial charge >= 0.3 is 0 Å². The molecule has 0 nitrogen and oxygen atoms in total. The second kappa shape index (κ2) is 4.91. The molecule has 1 heteroatoms. The molecule has 0 heterocycles. The highest BCUT2D eigenvalue weighted by molar-refractivity contribution is 9.09. The molecule has 2 rings (SSSR count). The fourth-order valence-electron chi connectivity index (χ4n) is 2.78. The molecule has 0 spiro atoms. The van der Waals surface area contributed by atoms with Crippen LogP contribution in [0.3, 0.4) is 0 Å². The van der Waals surface area contributed by atoms with Gasteiger partial charge in [0.05, 0.1) is 0 Å². The Morgan fingerprint density at radius 1 is 1.25 bits per heavy atom.